The SMILES string of the molecule is CC(O)C(=O)[O-].CC(O)C(=O)[O-].[Pt+2].c1cscn1.c1cscn1. The first-order chi connectivity index (χ1) is 10.3. The number of carboxylic acids is 2. The molecule has 0 aliphatic rings. The van der Waals surface area contributed by atoms with E-state index < -0.39 is 24.1 Å². The second-order valence-corrected chi connectivity index (χ2v) is 4.85. The molecular weight excluding hydrogens is 527 g/mol. The molecule has 2 heterocycles. The number of hydrogen-bond donors (Lipinski definition) is 2. The van der Waals surface area contributed by atoms with Gasteiger partial charge in [-0.25, -0.2) is 0 Å². The van der Waals surface area contributed by atoms with Crippen molar-refractivity contribution < 1.29 is 51.1 Å². The summed E-state index contributed by atoms with van der Waals surface area (Å²) in [6, 6.07) is 0. The molecule has 2 N–H and O–H groups in total. The van der Waals surface area contributed by atoms with Gasteiger partial charge < -0.3 is 30.0 Å². The average molecular weight is 543 g/mol. The summed E-state index contributed by atoms with van der Waals surface area (Å²) in [5.41, 5.74) is 3.58. The molecule has 0 bridgehead atoms. The summed E-state index contributed by atoms with van der Waals surface area (Å²) in [5.74, 6) is -2.87. The number of aliphatic hydroxyl groups excluding tert-OH is 2. The van der Waals surface area contributed by atoms with Gasteiger partial charge in [0, 0.05) is 23.2 Å². The number of carbonyl (C=O) groups is 2. The smallest absolute Gasteiger partial charge is 0.547 e. The molecule has 2 aromatic heterocycles. The van der Waals surface area contributed by atoms with Gasteiger partial charge in [-0.05, 0) is 13.8 Å². The quantitative estimate of drug-likeness (QED) is 0.466. The van der Waals surface area contributed by atoms with Crippen LogP contribution in [0.2, 0.25) is 0 Å². The third kappa shape index (κ3) is 26.1. The van der Waals surface area contributed by atoms with Crippen LogP contribution in [0.5, 0.6) is 0 Å². The maximum absolute atomic E-state index is 9.34. The third-order valence-electron chi connectivity index (χ3n) is 1.38. The standard InChI is InChI=1S/2C3H3NS.2C3H6O3.Pt/c2*1-2-5-3-4-1;2*1-2(4)3(5)6;/h2*1-3H;2*2,4H,1H3,(H,5,6);/q;;;;+2/p-2. The molecule has 8 nitrogen and oxygen atoms in total. The van der Waals surface area contributed by atoms with Crippen LogP contribution >= 0.6 is 22.7 Å². The molecule has 0 spiro atoms. The van der Waals surface area contributed by atoms with E-state index in [1.807, 2.05) is 10.8 Å². The van der Waals surface area contributed by atoms with Crippen LogP contribution in [-0.4, -0.2) is 44.3 Å². The summed E-state index contributed by atoms with van der Waals surface area (Å²) < 4.78 is 0. The van der Waals surface area contributed by atoms with E-state index in [1.54, 1.807) is 46.1 Å². The summed E-state index contributed by atoms with van der Waals surface area (Å²) in [5, 5.41) is 38.5. The normalized spacial score (nSPS) is 10.6. The Morgan fingerprint density at radius 2 is 1.17 bits per heavy atom. The van der Waals surface area contributed by atoms with Crippen LogP contribution in [0.3, 0.4) is 0 Å². The zero-order valence-corrected chi connectivity index (χ0v) is 16.1. The van der Waals surface area contributed by atoms with Crippen molar-refractivity contribution in [3.8, 4) is 0 Å². The van der Waals surface area contributed by atoms with Gasteiger partial charge in [0.25, 0.3) is 0 Å². The van der Waals surface area contributed by atoms with Crippen molar-refractivity contribution in [2.45, 2.75) is 26.1 Å². The number of thiazole rings is 2. The molecule has 0 aliphatic heterocycles. The summed E-state index contributed by atoms with van der Waals surface area (Å²) in [6.45, 7) is 2.27. The molecule has 11 heteroatoms. The second-order valence-electron chi connectivity index (χ2n) is 3.34. The number of carbonyl (C=O) groups excluding carboxylic acids is 2. The van der Waals surface area contributed by atoms with E-state index >= 15 is 0 Å². The van der Waals surface area contributed by atoms with E-state index in [0.717, 1.165) is 13.8 Å². The van der Waals surface area contributed by atoms with Crippen molar-refractivity contribution in [2.75, 3.05) is 0 Å². The van der Waals surface area contributed by atoms with Gasteiger partial charge in [0.15, 0.2) is 0 Å². The molecule has 2 rings (SSSR count). The molecule has 0 aromatic carbocycles. The summed E-state index contributed by atoms with van der Waals surface area (Å²) in [4.78, 5) is 26.2. The maximum Gasteiger partial charge on any atom is 2.00 e. The second kappa shape index (κ2) is 18.9. The zero-order chi connectivity index (χ0) is 17.4. The van der Waals surface area contributed by atoms with Crippen molar-refractivity contribution in [1.82, 2.24) is 9.97 Å². The van der Waals surface area contributed by atoms with Crippen LogP contribution in [0, 0.1) is 0 Å². The van der Waals surface area contributed by atoms with E-state index in [2.05, 4.69) is 9.97 Å². The van der Waals surface area contributed by atoms with Crippen molar-refractivity contribution in [3.05, 3.63) is 34.2 Å². The number of carboxylic acid groups (broad SMARTS) is 2. The van der Waals surface area contributed by atoms with Gasteiger partial charge in [-0.15, -0.1) is 22.7 Å². The largest absolute Gasteiger partial charge is 2.00 e. The first-order valence-electron chi connectivity index (χ1n) is 5.71. The molecule has 2 aromatic rings. The molecule has 0 amide bonds. The van der Waals surface area contributed by atoms with Crippen LogP contribution in [-0.2, 0) is 30.7 Å². The van der Waals surface area contributed by atoms with E-state index in [4.69, 9.17) is 10.2 Å². The summed E-state index contributed by atoms with van der Waals surface area (Å²) >= 11 is 3.20. The molecule has 0 fully saturated rings. The van der Waals surface area contributed by atoms with Crippen molar-refractivity contribution >= 4 is 34.6 Å². The first-order valence-corrected chi connectivity index (χ1v) is 7.59. The molecule has 23 heavy (non-hydrogen) atoms. The Bertz CT molecular complexity index is 387. The minimum Gasteiger partial charge on any atom is -0.547 e. The predicted molar refractivity (Wildman–Crippen MR) is 77.6 cm³/mol. The van der Waals surface area contributed by atoms with Crippen molar-refractivity contribution in [1.29, 1.82) is 0 Å². The van der Waals surface area contributed by atoms with Gasteiger partial charge in [-0.3, -0.25) is 9.97 Å². The van der Waals surface area contributed by atoms with Gasteiger partial charge in [0.05, 0.1) is 35.2 Å². The first kappa shape index (κ1) is 26.7. The molecule has 2 atom stereocenters. The van der Waals surface area contributed by atoms with Crippen LogP contribution in [0.15, 0.2) is 34.2 Å². The molecule has 0 aliphatic carbocycles. The number of hydrogen-bond acceptors (Lipinski definition) is 10. The van der Waals surface area contributed by atoms with E-state index in [9.17, 15) is 19.8 Å². The third-order valence-corrected chi connectivity index (χ3v) is 2.42. The molecule has 2 unspecified atom stereocenters. The Balaban J connectivity index is -0.000000229. The van der Waals surface area contributed by atoms with E-state index in [1.165, 1.54) is 0 Å². The van der Waals surface area contributed by atoms with Crippen LogP contribution < -0.4 is 10.2 Å². The van der Waals surface area contributed by atoms with Gasteiger partial charge in [-0.1, -0.05) is 0 Å². The Morgan fingerprint density at radius 3 is 1.22 bits per heavy atom. The average Bonchev–Trinajstić information content (AvgIpc) is 3.18. The fourth-order valence-corrected chi connectivity index (χ4v) is 1.05. The number of aromatic nitrogens is 2. The summed E-state index contributed by atoms with van der Waals surface area (Å²) in [7, 11) is 0. The Kier molecular flexibility index (Phi) is 21.9. The Morgan fingerprint density at radius 1 is 0.913 bits per heavy atom. The number of aliphatic carboxylic acids is 2. The number of nitrogens with zero attached hydrogens (tertiary/aromatic N) is 2. The molecule has 0 saturated carbocycles. The molecule has 132 valence electrons. The van der Waals surface area contributed by atoms with E-state index in [-0.39, 0.29) is 21.1 Å². The Labute approximate surface area is 155 Å². The minimum absolute atomic E-state index is 0. The molecule has 0 radical (unpaired) electrons. The minimum atomic E-state index is -1.44. The topological polar surface area (TPSA) is 146 Å². The van der Waals surface area contributed by atoms with Gasteiger partial charge in [0.1, 0.15) is 0 Å². The molecule has 0 saturated heterocycles. The monoisotopic (exact) mass is 543 g/mol. The predicted octanol–water partition coefficient (Wildman–Crippen LogP) is -1.48. The van der Waals surface area contributed by atoms with Gasteiger partial charge >= 0.3 is 21.1 Å². The summed E-state index contributed by atoms with van der Waals surface area (Å²) in [6.07, 6.45) is 0.852. The maximum atomic E-state index is 9.34. The van der Waals surface area contributed by atoms with Crippen LogP contribution in [0.25, 0.3) is 0 Å². The van der Waals surface area contributed by atoms with Gasteiger partial charge in [0.2, 0.25) is 0 Å². The van der Waals surface area contributed by atoms with Crippen molar-refractivity contribution in [2.24, 2.45) is 0 Å². The fraction of sp³-hybridized carbons (Fsp3) is 0.333. The van der Waals surface area contributed by atoms with Crippen molar-refractivity contribution in [3.63, 3.8) is 0 Å². The van der Waals surface area contributed by atoms with Crippen LogP contribution in [0.1, 0.15) is 13.8 Å². The van der Waals surface area contributed by atoms with E-state index in [0.29, 0.717) is 0 Å². The van der Waals surface area contributed by atoms with Crippen LogP contribution in [0.4, 0.5) is 0 Å². The number of aliphatic hydroxyl groups is 2. The zero-order valence-electron chi connectivity index (χ0n) is 12.2. The Hall–Kier alpha value is -1.19. The molecular formula is C12H16N2O6PtS2. The fourth-order valence-electron chi connectivity index (χ4n) is 0.351. The van der Waals surface area contributed by atoms with Gasteiger partial charge in [-0.2, -0.15) is 0 Å². The number of rotatable bonds is 2.